The van der Waals surface area contributed by atoms with Gasteiger partial charge in [-0.15, -0.1) is 0 Å². The maximum absolute atomic E-state index is 6.62. The molecule has 5 heteroatoms. The number of nitrogens with two attached hydrogens (primary N) is 1. The molecule has 2 aromatic carbocycles. The number of imidazole rings is 1. The Morgan fingerprint density at radius 3 is 2.49 bits per heavy atom. The third kappa shape index (κ3) is 3.76. The highest BCUT2D eigenvalue weighted by molar-refractivity contribution is 5.88. The van der Waals surface area contributed by atoms with Gasteiger partial charge in [-0.3, -0.25) is 4.57 Å². The molecule has 0 spiro atoms. The highest BCUT2D eigenvalue weighted by atomic mass is 15.2. The Morgan fingerprint density at radius 2 is 1.77 bits per heavy atom. The van der Waals surface area contributed by atoms with E-state index in [0.717, 1.165) is 58.4 Å². The van der Waals surface area contributed by atoms with E-state index in [0.29, 0.717) is 0 Å². The minimum Gasteiger partial charge on any atom is -0.338 e. The molecule has 3 N–H and O–H groups in total. The number of benzene rings is 2. The molecule has 35 heavy (non-hydrogen) atoms. The van der Waals surface area contributed by atoms with Gasteiger partial charge in [-0.25, -0.2) is 9.97 Å². The van der Waals surface area contributed by atoms with E-state index in [4.69, 9.17) is 10.7 Å². The first-order valence-electron chi connectivity index (χ1n) is 12.4. The second-order valence-corrected chi connectivity index (χ2v) is 10.8. The molecule has 2 aliphatic rings. The van der Waals surface area contributed by atoms with Gasteiger partial charge in [0.25, 0.3) is 0 Å². The third-order valence-electron chi connectivity index (χ3n) is 7.07. The first-order valence-corrected chi connectivity index (χ1v) is 12.4. The molecule has 5 nitrogen and oxygen atoms in total. The average molecular weight is 462 g/mol. The number of pyridine rings is 1. The molecule has 4 aromatic rings. The number of allylic oxidation sites excluding steroid dienone is 1. The fraction of sp³-hybridized carbons (Fsp3) is 0.267. The molecular formula is C30H31N5. The lowest BCUT2D eigenvalue weighted by molar-refractivity contribution is 0.253. The number of rotatable bonds is 3. The molecule has 1 fully saturated rings. The Hall–Kier alpha value is -3.70. The predicted octanol–water partition coefficient (Wildman–Crippen LogP) is 7.06. The maximum atomic E-state index is 6.62. The second kappa shape index (κ2) is 7.92. The van der Waals surface area contributed by atoms with E-state index in [-0.39, 0.29) is 11.0 Å². The van der Waals surface area contributed by atoms with Crippen LogP contribution in [-0.4, -0.2) is 14.5 Å². The van der Waals surface area contributed by atoms with E-state index in [2.05, 4.69) is 96.3 Å². The van der Waals surface area contributed by atoms with E-state index >= 15 is 0 Å². The van der Waals surface area contributed by atoms with Gasteiger partial charge in [0.15, 0.2) is 5.82 Å². The fourth-order valence-corrected chi connectivity index (χ4v) is 4.97. The van der Waals surface area contributed by atoms with Gasteiger partial charge < -0.3 is 11.1 Å². The Kier molecular flexibility index (Phi) is 4.94. The summed E-state index contributed by atoms with van der Waals surface area (Å²) in [6, 6.07) is 21.2. The van der Waals surface area contributed by atoms with E-state index in [1.807, 2.05) is 18.3 Å². The number of nitrogens with one attached hydrogen (secondary N) is 1. The zero-order chi connectivity index (χ0) is 24.2. The van der Waals surface area contributed by atoms with Crippen LogP contribution in [0, 0.1) is 5.41 Å². The van der Waals surface area contributed by atoms with Crippen LogP contribution < -0.4 is 11.1 Å². The number of fused-ring (bicyclic) bond motifs is 5. The summed E-state index contributed by atoms with van der Waals surface area (Å²) >= 11 is 0. The highest BCUT2D eigenvalue weighted by Gasteiger charge is 2.34. The van der Waals surface area contributed by atoms with Crippen molar-refractivity contribution in [1.82, 2.24) is 14.5 Å². The van der Waals surface area contributed by atoms with Gasteiger partial charge in [0.1, 0.15) is 5.82 Å². The predicted molar refractivity (Wildman–Crippen MR) is 144 cm³/mol. The van der Waals surface area contributed by atoms with Crippen molar-refractivity contribution in [2.45, 2.75) is 45.6 Å². The molecule has 0 saturated heterocycles. The van der Waals surface area contributed by atoms with Crippen molar-refractivity contribution in [2.75, 3.05) is 5.32 Å². The summed E-state index contributed by atoms with van der Waals surface area (Å²) in [7, 11) is 0. The third-order valence-corrected chi connectivity index (χ3v) is 7.07. The van der Waals surface area contributed by atoms with Crippen LogP contribution in [0.1, 0.15) is 51.3 Å². The maximum Gasteiger partial charge on any atom is 0.154 e. The smallest absolute Gasteiger partial charge is 0.154 e. The quantitative estimate of drug-likeness (QED) is 0.302. The lowest BCUT2D eigenvalue weighted by atomic mass is 9.72. The summed E-state index contributed by atoms with van der Waals surface area (Å²) in [6.07, 6.45) is 9.51. The molecule has 2 aromatic heterocycles. The van der Waals surface area contributed by atoms with Crippen LogP contribution >= 0.6 is 0 Å². The van der Waals surface area contributed by atoms with Gasteiger partial charge >= 0.3 is 0 Å². The van der Waals surface area contributed by atoms with Gasteiger partial charge in [0.2, 0.25) is 0 Å². The molecule has 1 aliphatic heterocycles. The number of para-hydroxylation sites is 1. The number of hydrogen-bond acceptors (Lipinski definition) is 4. The van der Waals surface area contributed by atoms with Crippen molar-refractivity contribution in [3.63, 3.8) is 0 Å². The molecule has 0 atom stereocenters. The normalized spacial score (nSPS) is 16.0. The number of hydrogen-bond donors (Lipinski definition) is 2. The van der Waals surface area contributed by atoms with Crippen molar-refractivity contribution in [3.05, 3.63) is 84.2 Å². The monoisotopic (exact) mass is 461 g/mol. The molecular weight excluding hydrogens is 430 g/mol. The number of aromatic nitrogens is 3. The Bertz CT molecular complexity index is 1430. The largest absolute Gasteiger partial charge is 0.338 e. The number of anilines is 2. The molecule has 0 amide bonds. The van der Waals surface area contributed by atoms with Crippen molar-refractivity contribution in [3.8, 4) is 28.3 Å². The minimum absolute atomic E-state index is 0.0389. The average Bonchev–Trinajstić information content (AvgIpc) is 3.14. The molecule has 0 bridgehead atoms. The SMILES string of the molecule is CC(C)(C)C=Cc1nc2n(c1-c1ccc(C3(N)CCC3)cc1)-c1cccnc1Nc1ccccc1-2. The van der Waals surface area contributed by atoms with Crippen molar-refractivity contribution in [2.24, 2.45) is 11.1 Å². The standard InChI is InChI=1S/C30H31N5/c1-29(2,3)18-15-24-26(20-11-13-21(14-12-20)30(31)16-7-17-30)35-25-10-6-19-32-27(25)33-23-9-5-4-8-22(23)28(35)34-24/h4-6,8-15,18-19H,7,16-17,31H2,1-3H3,(H,32,33). The van der Waals surface area contributed by atoms with Crippen LogP contribution in [0.15, 0.2) is 72.9 Å². The van der Waals surface area contributed by atoms with E-state index in [1.165, 1.54) is 12.0 Å². The van der Waals surface area contributed by atoms with Gasteiger partial charge in [-0.1, -0.05) is 63.2 Å². The highest BCUT2D eigenvalue weighted by Crippen LogP contribution is 2.43. The van der Waals surface area contributed by atoms with Crippen LogP contribution in [0.4, 0.5) is 11.5 Å². The molecule has 3 heterocycles. The van der Waals surface area contributed by atoms with Crippen LogP contribution in [0.2, 0.25) is 0 Å². The summed E-state index contributed by atoms with van der Waals surface area (Å²) in [5.74, 6) is 1.72. The van der Waals surface area contributed by atoms with Gasteiger partial charge in [0, 0.05) is 22.9 Å². The first kappa shape index (κ1) is 21.8. The summed E-state index contributed by atoms with van der Waals surface area (Å²) in [4.78, 5) is 9.89. The molecule has 1 saturated carbocycles. The fourth-order valence-electron chi connectivity index (χ4n) is 4.97. The van der Waals surface area contributed by atoms with Crippen LogP contribution in [0.3, 0.4) is 0 Å². The molecule has 176 valence electrons. The van der Waals surface area contributed by atoms with Gasteiger partial charge in [-0.2, -0.15) is 0 Å². The summed E-state index contributed by atoms with van der Waals surface area (Å²) < 4.78 is 2.25. The van der Waals surface area contributed by atoms with E-state index in [9.17, 15) is 0 Å². The lowest BCUT2D eigenvalue weighted by Crippen LogP contribution is -2.43. The van der Waals surface area contributed by atoms with Crippen LogP contribution in [0.25, 0.3) is 34.4 Å². The molecule has 0 radical (unpaired) electrons. The van der Waals surface area contributed by atoms with E-state index in [1.54, 1.807) is 0 Å². The second-order valence-electron chi connectivity index (χ2n) is 10.8. The zero-order valence-corrected chi connectivity index (χ0v) is 20.5. The van der Waals surface area contributed by atoms with E-state index < -0.39 is 0 Å². The summed E-state index contributed by atoms with van der Waals surface area (Å²) in [5, 5.41) is 3.53. The zero-order valence-electron chi connectivity index (χ0n) is 20.5. The number of nitrogens with zero attached hydrogens (tertiary/aromatic N) is 3. The first-order chi connectivity index (χ1) is 16.8. The van der Waals surface area contributed by atoms with Gasteiger partial charge in [0.05, 0.1) is 22.8 Å². The van der Waals surface area contributed by atoms with Crippen LogP contribution in [-0.2, 0) is 5.54 Å². The molecule has 1 aliphatic carbocycles. The topological polar surface area (TPSA) is 68.8 Å². The Balaban J connectivity index is 1.62. The molecule has 0 unspecified atom stereocenters. The van der Waals surface area contributed by atoms with Crippen molar-refractivity contribution < 1.29 is 0 Å². The Labute approximate surface area is 206 Å². The Morgan fingerprint density at radius 1 is 1.00 bits per heavy atom. The minimum atomic E-state index is -0.179. The lowest BCUT2D eigenvalue weighted by Gasteiger charge is -2.38. The summed E-state index contributed by atoms with van der Waals surface area (Å²) in [5.41, 5.74) is 13.8. The summed E-state index contributed by atoms with van der Waals surface area (Å²) in [6.45, 7) is 6.62. The molecule has 6 rings (SSSR count). The van der Waals surface area contributed by atoms with Crippen molar-refractivity contribution >= 4 is 17.6 Å². The van der Waals surface area contributed by atoms with Crippen molar-refractivity contribution in [1.29, 1.82) is 0 Å². The van der Waals surface area contributed by atoms with Crippen LogP contribution in [0.5, 0.6) is 0 Å². The van der Waals surface area contributed by atoms with Gasteiger partial charge in [-0.05, 0) is 60.6 Å².